The molecule has 2 atom stereocenters. The zero-order valence-corrected chi connectivity index (χ0v) is 22.8. The van der Waals surface area contributed by atoms with Crippen LogP contribution in [0.5, 0.6) is 5.75 Å². The van der Waals surface area contributed by atoms with Crippen LogP contribution in [-0.2, 0) is 20.5 Å². The molecular weight excluding hydrogens is 505 g/mol. The van der Waals surface area contributed by atoms with E-state index in [0.29, 0.717) is 25.7 Å². The summed E-state index contributed by atoms with van der Waals surface area (Å²) >= 11 is 0. The Balaban J connectivity index is 1.22. The van der Waals surface area contributed by atoms with Gasteiger partial charge in [-0.25, -0.2) is 4.99 Å². The van der Waals surface area contributed by atoms with Crippen molar-refractivity contribution in [2.45, 2.75) is 38.6 Å². The van der Waals surface area contributed by atoms with Crippen LogP contribution >= 0.6 is 7.60 Å². The Bertz CT molecular complexity index is 1270. The van der Waals surface area contributed by atoms with Crippen LogP contribution in [0.15, 0.2) is 58.0 Å². The summed E-state index contributed by atoms with van der Waals surface area (Å²) in [7, 11) is -4.01. The third-order valence-corrected chi connectivity index (χ3v) is 7.39. The fraction of sp³-hybridized carbons (Fsp3) is 0.429. The lowest BCUT2D eigenvalue weighted by molar-refractivity contribution is 0.0402. The van der Waals surface area contributed by atoms with Gasteiger partial charge in [0.25, 0.3) is 0 Å². The third kappa shape index (κ3) is 7.85. The molecule has 4 rings (SSSR count). The Morgan fingerprint density at radius 2 is 1.74 bits per heavy atom. The van der Waals surface area contributed by atoms with Gasteiger partial charge in [-0.1, -0.05) is 24.3 Å². The molecular formula is C28H36N3O6P. The van der Waals surface area contributed by atoms with Crippen LogP contribution in [0, 0.1) is 13.8 Å². The Morgan fingerprint density at radius 3 is 2.50 bits per heavy atom. The van der Waals surface area contributed by atoms with Gasteiger partial charge in [0, 0.05) is 12.1 Å². The van der Waals surface area contributed by atoms with Crippen molar-refractivity contribution in [2.24, 2.45) is 15.7 Å². The van der Waals surface area contributed by atoms with E-state index in [-0.39, 0.29) is 31.3 Å². The molecule has 0 bridgehead atoms. The van der Waals surface area contributed by atoms with Gasteiger partial charge in [-0.3, -0.25) is 9.56 Å². The zero-order chi connectivity index (χ0) is 27.1. The maximum Gasteiger partial charge on any atom is 0.327 e. The monoisotopic (exact) mass is 541 g/mol. The van der Waals surface area contributed by atoms with Crippen molar-refractivity contribution >= 4 is 25.3 Å². The average Bonchev–Trinajstić information content (AvgIpc) is 2.86. The first-order valence-electron chi connectivity index (χ1n) is 12.8. The minimum Gasteiger partial charge on any atom is -0.491 e. The van der Waals surface area contributed by atoms with Crippen molar-refractivity contribution < 1.29 is 28.6 Å². The summed E-state index contributed by atoms with van der Waals surface area (Å²) in [5.74, 6) is 1.48. The molecule has 2 aromatic carbocycles. The Morgan fingerprint density at radius 1 is 0.974 bits per heavy atom. The highest BCUT2D eigenvalue weighted by molar-refractivity contribution is 7.51. The number of nitrogens with two attached hydrogens (primary N) is 1. The standard InChI is InChI=1S/C28H36N3O6P/c1-19-3-8-24-25-17-21(18-30-27(25)28(29)31-26(24)15-19)4-5-22-6-7-23(16-20(22)2)37-12-11-35-9-10-36-13-14-38(32,33)34/h3,6-8,15-18,25,27H,4-5,9-14H2,1-2H3,(H2,29,31)(H2,32,33,34). The van der Waals surface area contributed by atoms with Crippen molar-refractivity contribution in [2.75, 3.05) is 39.2 Å². The summed E-state index contributed by atoms with van der Waals surface area (Å²) in [4.78, 5) is 26.9. The number of aryl methyl sites for hydroxylation is 3. The molecule has 0 aliphatic carbocycles. The van der Waals surface area contributed by atoms with Gasteiger partial charge in [-0.15, -0.1) is 0 Å². The van der Waals surface area contributed by atoms with Crippen molar-refractivity contribution in [3.63, 3.8) is 0 Å². The van der Waals surface area contributed by atoms with Gasteiger partial charge in [-0.05, 0) is 72.7 Å². The second-order valence-corrected chi connectivity index (χ2v) is 11.4. The fourth-order valence-corrected chi connectivity index (χ4v) is 4.95. The van der Waals surface area contributed by atoms with E-state index >= 15 is 0 Å². The zero-order valence-electron chi connectivity index (χ0n) is 21.9. The molecule has 0 fully saturated rings. The number of dihydropyridines is 1. The molecule has 0 radical (unpaired) electrons. The predicted molar refractivity (Wildman–Crippen MR) is 149 cm³/mol. The maximum absolute atomic E-state index is 10.7. The number of hydrogen-bond acceptors (Lipinski definition) is 7. The summed E-state index contributed by atoms with van der Waals surface area (Å²) < 4.78 is 27.1. The Labute approximate surface area is 223 Å². The van der Waals surface area contributed by atoms with E-state index in [4.69, 9.17) is 34.7 Å². The van der Waals surface area contributed by atoms with Crippen LogP contribution < -0.4 is 10.5 Å². The van der Waals surface area contributed by atoms with Crippen LogP contribution in [0.25, 0.3) is 0 Å². The first kappa shape index (κ1) is 28.2. The third-order valence-electron chi connectivity index (χ3n) is 6.62. The van der Waals surface area contributed by atoms with E-state index < -0.39 is 7.60 Å². The molecule has 0 spiro atoms. The topological polar surface area (TPSA) is 136 Å². The van der Waals surface area contributed by atoms with Crippen molar-refractivity contribution in [3.05, 3.63) is 70.3 Å². The highest BCUT2D eigenvalue weighted by Crippen LogP contribution is 2.39. The molecule has 38 heavy (non-hydrogen) atoms. The lowest BCUT2D eigenvalue weighted by Gasteiger charge is -2.30. The lowest BCUT2D eigenvalue weighted by Crippen LogP contribution is -2.36. The number of fused-ring (bicyclic) bond motifs is 3. The van der Waals surface area contributed by atoms with Gasteiger partial charge in [0.15, 0.2) is 0 Å². The molecule has 2 aliphatic rings. The number of nitrogens with zero attached hydrogens (tertiary/aromatic N) is 2. The highest BCUT2D eigenvalue weighted by atomic mass is 31.2. The van der Waals surface area contributed by atoms with Crippen LogP contribution in [-0.4, -0.2) is 67.1 Å². The average molecular weight is 542 g/mol. The molecule has 4 N–H and O–H groups in total. The Hall–Kier alpha value is -2.81. The molecule has 0 aromatic heterocycles. The molecule has 2 heterocycles. The number of rotatable bonds is 13. The van der Waals surface area contributed by atoms with E-state index in [0.717, 1.165) is 24.3 Å². The minimum absolute atomic E-state index is 0.0120. The summed E-state index contributed by atoms with van der Waals surface area (Å²) in [6, 6.07) is 12.3. The van der Waals surface area contributed by atoms with E-state index in [1.807, 2.05) is 18.3 Å². The van der Waals surface area contributed by atoms with Crippen molar-refractivity contribution in [1.29, 1.82) is 0 Å². The summed E-state index contributed by atoms with van der Waals surface area (Å²) in [6.07, 6.45) is 5.74. The normalized spacial score (nSPS) is 18.4. The Kier molecular flexibility index (Phi) is 9.52. The number of hydrogen-bond donors (Lipinski definition) is 3. The summed E-state index contributed by atoms with van der Waals surface area (Å²) in [5.41, 5.74) is 13.2. The van der Waals surface area contributed by atoms with E-state index in [1.165, 1.54) is 27.8 Å². The van der Waals surface area contributed by atoms with Crippen molar-refractivity contribution in [1.82, 2.24) is 0 Å². The lowest BCUT2D eigenvalue weighted by atomic mass is 9.83. The van der Waals surface area contributed by atoms with Gasteiger partial charge < -0.3 is 29.7 Å². The van der Waals surface area contributed by atoms with Gasteiger partial charge in [0.1, 0.15) is 24.2 Å². The quantitative estimate of drug-likeness (QED) is 0.258. The van der Waals surface area contributed by atoms with E-state index in [1.54, 1.807) is 0 Å². The second-order valence-electron chi connectivity index (χ2n) is 9.64. The minimum atomic E-state index is -4.01. The summed E-state index contributed by atoms with van der Waals surface area (Å²) in [6.45, 7) is 5.58. The molecule has 2 aromatic rings. The molecule has 9 nitrogen and oxygen atoms in total. The molecule has 2 aliphatic heterocycles. The predicted octanol–water partition coefficient (Wildman–Crippen LogP) is 3.99. The number of amidine groups is 1. The molecule has 0 saturated carbocycles. The van der Waals surface area contributed by atoms with Crippen LogP contribution in [0.1, 0.15) is 34.6 Å². The molecule has 204 valence electrons. The molecule has 0 saturated heterocycles. The number of ether oxygens (including phenoxy) is 3. The maximum atomic E-state index is 10.7. The first-order valence-corrected chi connectivity index (χ1v) is 14.6. The molecule has 10 heteroatoms. The fourth-order valence-electron chi connectivity index (χ4n) is 4.58. The number of allylic oxidation sites excluding steroid dienone is 1. The van der Waals surface area contributed by atoms with Gasteiger partial charge in [0.05, 0.1) is 38.3 Å². The van der Waals surface area contributed by atoms with Crippen LogP contribution in [0.2, 0.25) is 0 Å². The van der Waals surface area contributed by atoms with Gasteiger partial charge >= 0.3 is 7.60 Å². The van der Waals surface area contributed by atoms with Gasteiger partial charge in [0.2, 0.25) is 0 Å². The highest BCUT2D eigenvalue weighted by Gasteiger charge is 2.32. The largest absolute Gasteiger partial charge is 0.491 e. The second kappa shape index (κ2) is 12.8. The van der Waals surface area contributed by atoms with Crippen LogP contribution in [0.3, 0.4) is 0 Å². The van der Waals surface area contributed by atoms with Crippen LogP contribution in [0.4, 0.5) is 5.69 Å². The van der Waals surface area contributed by atoms with E-state index in [2.05, 4.69) is 49.2 Å². The van der Waals surface area contributed by atoms with Crippen molar-refractivity contribution in [3.8, 4) is 5.75 Å². The first-order chi connectivity index (χ1) is 18.2. The van der Waals surface area contributed by atoms with Gasteiger partial charge in [-0.2, -0.15) is 0 Å². The summed E-state index contributed by atoms with van der Waals surface area (Å²) in [5, 5.41) is 0. The SMILES string of the molecule is Cc1ccc2c(c1)N=C(N)C1N=CC(CCc3ccc(OCCOCCOCCP(=O)(O)O)cc3C)=CC21. The number of aliphatic imine (C=N–C) groups is 2. The molecule has 2 unspecified atom stereocenters. The molecule has 0 amide bonds. The number of benzene rings is 2. The van der Waals surface area contributed by atoms with E-state index in [9.17, 15) is 4.57 Å². The smallest absolute Gasteiger partial charge is 0.327 e.